The third kappa shape index (κ3) is 7.42. The lowest BCUT2D eigenvalue weighted by molar-refractivity contribution is 0.0976. The number of nitrogens with zero attached hydrogens (tertiary/aromatic N) is 3. The first kappa shape index (κ1) is 20.6. The van der Waals surface area contributed by atoms with E-state index in [0.29, 0.717) is 24.6 Å². The van der Waals surface area contributed by atoms with Crippen molar-refractivity contribution in [3.8, 4) is 0 Å². The summed E-state index contributed by atoms with van der Waals surface area (Å²) in [4.78, 5) is 28.4. The third-order valence-corrected chi connectivity index (χ3v) is 4.92. The van der Waals surface area contributed by atoms with Crippen molar-refractivity contribution in [2.24, 2.45) is 4.99 Å². The van der Waals surface area contributed by atoms with Crippen LogP contribution in [0.25, 0.3) is 0 Å². The van der Waals surface area contributed by atoms with Crippen molar-refractivity contribution in [3.63, 3.8) is 0 Å². The molecule has 8 heteroatoms. The molecule has 0 saturated heterocycles. The number of hydrogen-bond acceptors (Lipinski definition) is 5. The SMILES string of the molecule is O=C(NC(=NCCCc1cnc[nH]1)NCCSc1ccccn1)c1ccccc1. The highest BCUT2D eigenvalue weighted by atomic mass is 32.2. The first-order chi connectivity index (χ1) is 14.3. The van der Waals surface area contributed by atoms with E-state index in [1.165, 1.54) is 0 Å². The van der Waals surface area contributed by atoms with Crippen molar-refractivity contribution in [2.45, 2.75) is 17.9 Å². The molecule has 0 aliphatic carbocycles. The maximum absolute atomic E-state index is 12.5. The average molecular weight is 409 g/mol. The number of rotatable bonds is 9. The van der Waals surface area contributed by atoms with Gasteiger partial charge in [-0.15, -0.1) is 11.8 Å². The van der Waals surface area contributed by atoms with Gasteiger partial charge < -0.3 is 10.3 Å². The Morgan fingerprint density at radius 3 is 2.76 bits per heavy atom. The van der Waals surface area contributed by atoms with Crippen molar-refractivity contribution < 1.29 is 4.79 Å². The van der Waals surface area contributed by atoms with Gasteiger partial charge in [-0.1, -0.05) is 24.3 Å². The standard InChI is InChI=1S/C21H24N6OS/c28-20(17-7-2-1-3-8-17)27-21(24-12-6-9-18-15-22-16-26-18)25-13-14-29-19-10-4-5-11-23-19/h1-5,7-8,10-11,15-16H,6,9,12-14H2,(H,22,26)(H2,24,25,27,28). The molecule has 2 aromatic heterocycles. The zero-order valence-electron chi connectivity index (χ0n) is 16.0. The Morgan fingerprint density at radius 2 is 2.00 bits per heavy atom. The van der Waals surface area contributed by atoms with E-state index < -0.39 is 0 Å². The predicted octanol–water partition coefficient (Wildman–Crippen LogP) is 2.91. The van der Waals surface area contributed by atoms with Gasteiger partial charge in [0.15, 0.2) is 5.96 Å². The molecule has 0 fully saturated rings. The largest absolute Gasteiger partial charge is 0.355 e. The highest BCUT2D eigenvalue weighted by molar-refractivity contribution is 7.99. The van der Waals surface area contributed by atoms with E-state index in [1.807, 2.05) is 42.6 Å². The molecule has 0 bridgehead atoms. The zero-order valence-corrected chi connectivity index (χ0v) is 16.9. The van der Waals surface area contributed by atoms with Gasteiger partial charge in [0.05, 0.1) is 11.4 Å². The second kappa shape index (κ2) is 11.7. The molecule has 0 saturated carbocycles. The van der Waals surface area contributed by atoms with Crippen molar-refractivity contribution in [1.82, 2.24) is 25.6 Å². The van der Waals surface area contributed by atoms with Crippen LogP contribution in [0.1, 0.15) is 22.5 Å². The molecule has 0 atom stereocenters. The number of nitrogens with one attached hydrogen (secondary N) is 3. The van der Waals surface area contributed by atoms with E-state index in [9.17, 15) is 4.79 Å². The topological polar surface area (TPSA) is 95.1 Å². The van der Waals surface area contributed by atoms with E-state index in [4.69, 9.17) is 0 Å². The van der Waals surface area contributed by atoms with Gasteiger partial charge in [-0.2, -0.15) is 0 Å². The molecule has 1 aromatic carbocycles. The molecule has 0 aliphatic rings. The number of thioether (sulfide) groups is 1. The smallest absolute Gasteiger partial charge is 0.257 e. The average Bonchev–Trinajstić information content (AvgIpc) is 3.29. The molecule has 29 heavy (non-hydrogen) atoms. The lowest BCUT2D eigenvalue weighted by Crippen LogP contribution is -2.42. The van der Waals surface area contributed by atoms with Crippen molar-refractivity contribution in [1.29, 1.82) is 0 Å². The summed E-state index contributed by atoms with van der Waals surface area (Å²) in [6.07, 6.45) is 6.98. The van der Waals surface area contributed by atoms with E-state index in [-0.39, 0.29) is 5.91 Å². The molecule has 0 aliphatic heterocycles. The summed E-state index contributed by atoms with van der Waals surface area (Å²) in [7, 11) is 0. The molecule has 150 valence electrons. The summed E-state index contributed by atoms with van der Waals surface area (Å²) < 4.78 is 0. The number of guanidine groups is 1. The Hall–Kier alpha value is -3.13. The first-order valence-electron chi connectivity index (χ1n) is 9.47. The quantitative estimate of drug-likeness (QED) is 0.219. The predicted molar refractivity (Wildman–Crippen MR) is 116 cm³/mol. The summed E-state index contributed by atoms with van der Waals surface area (Å²) in [5, 5.41) is 7.09. The van der Waals surface area contributed by atoms with Gasteiger partial charge in [0.1, 0.15) is 0 Å². The Balaban J connectivity index is 1.51. The molecule has 0 spiro atoms. The van der Waals surface area contributed by atoms with Crippen molar-refractivity contribution in [3.05, 3.63) is 78.5 Å². The van der Waals surface area contributed by atoms with Gasteiger partial charge in [0.25, 0.3) is 5.91 Å². The van der Waals surface area contributed by atoms with E-state index in [0.717, 1.165) is 29.3 Å². The van der Waals surface area contributed by atoms with Gasteiger partial charge in [0, 0.05) is 42.5 Å². The van der Waals surface area contributed by atoms with Crippen LogP contribution in [-0.4, -0.2) is 45.7 Å². The minimum Gasteiger partial charge on any atom is -0.355 e. The first-order valence-corrected chi connectivity index (χ1v) is 10.5. The van der Waals surface area contributed by atoms with E-state index in [2.05, 4.69) is 30.6 Å². The van der Waals surface area contributed by atoms with Gasteiger partial charge in [-0.05, 0) is 37.1 Å². The number of imidazole rings is 1. The highest BCUT2D eigenvalue weighted by Crippen LogP contribution is 2.12. The molecule has 7 nitrogen and oxygen atoms in total. The minimum absolute atomic E-state index is 0.178. The molecule has 3 aromatic rings. The van der Waals surface area contributed by atoms with Crippen molar-refractivity contribution in [2.75, 3.05) is 18.8 Å². The number of aromatic nitrogens is 3. The molecule has 3 N–H and O–H groups in total. The van der Waals surface area contributed by atoms with Gasteiger partial charge in [-0.25, -0.2) is 9.97 Å². The molecule has 1 amide bonds. The van der Waals surface area contributed by atoms with Crippen LogP contribution in [0.4, 0.5) is 0 Å². The maximum atomic E-state index is 12.5. The van der Waals surface area contributed by atoms with Crippen LogP contribution in [0, 0.1) is 0 Å². The van der Waals surface area contributed by atoms with E-state index in [1.54, 1.807) is 36.4 Å². The molecule has 2 heterocycles. The summed E-state index contributed by atoms with van der Waals surface area (Å²) in [5.41, 5.74) is 1.68. The van der Waals surface area contributed by atoms with Gasteiger partial charge >= 0.3 is 0 Å². The van der Waals surface area contributed by atoms with Crippen LogP contribution in [0.15, 0.2) is 77.3 Å². The molecular weight excluding hydrogens is 384 g/mol. The number of benzene rings is 1. The van der Waals surface area contributed by atoms with Crippen LogP contribution in [-0.2, 0) is 6.42 Å². The Labute approximate surface area is 174 Å². The highest BCUT2D eigenvalue weighted by Gasteiger charge is 2.08. The number of pyridine rings is 1. The zero-order chi connectivity index (χ0) is 20.2. The minimum atomic E-state index is -0.178. The lowest BCUT2D eigenvalue weighted by atomic mass is 10.2. The van der Waals surface area contributed by atoms with Gasteiger partial charge in [0.2, 0.25) is 0 Å². The molecule has 0 unspecified atom stereocenters. The van der Waals surface area contributed by atoms with Crippen LogP contribution in [0.5, 0.6) is 0 Å². The number of aliphatic imine (C=N–C) groups is 1. The Morgan fingerprint density at radius 1 is 1.14 bits per heavy atom. The number of aromatic amines is 1. The van der Waals surface area contributed by atoms with Crippen LogP contribution < -0.4 is 10.6 Å². The number of carbonyl (C=O) groups excluding carboxylic acids is 1. The number of hydrogen-bond donors (Lipinski definition) is 3. The number of aryl methyl sites for hydroxylation is 1. The lowest BCUT2D eigenvalue weighted by Gasteiger charge is -2.11. The Bertz CT molecular complexity index is 884. The van der Waals surface area contributed by atoms with Crippen LogP contribution in [0.2, 0.25) is 0 Å². The Kier molecular flexibility index (Phi) is 8.28. The maximum Gasteiger partial charge on any atom is 0.257 e. The number of H-pyrrole nitrogens is 1. The van der Waals surface area contributed by atoms with Crippen LogP contribution in [0.3, 0.4) is 0 Å². The van der Waals surface area contributed by atoms with Crippen LogP contribution >= 0.6 is 11.8 Å². The molecular formula is C21H24N6OS. The molecule has 0 radical (unpaired) electrons. The fraction of sp³-hybridized carbons (Fsp3) is 0.238. The normalized spacial score (nSPS) is 11.2. The molecule has 3 rings (SSSR count). The summed E-state index contributed by atoms with van der Waals surface area (Å²) in [6.45, 7) is 1.26. The second-order valence-corrected chi connectivity index (χ2v) is 7.29. The number of carbonyl (C=O) groups is 1. The monoisotopic (exact) mass is 408 g/mol. The summed E-state index contributed by atoms with van der Waals surface area (Å²) in [5.74, 6) is 1.12. The second-order valence-electron chi connectivity index (χ2n) is 6.17. The van der Waals surface area contributed by atoms with E-state index >= 15 is 0 Å². The van der Waals surface area contributed by atoms with Gasteiger partial charge in [-0.3, -0.25) is 15.1 Å². The van der Waals surface area contributed by atoms with Crippen molar-refractivity contribution >= 4 is 23.6 Å². The fourth-order valence-electron chi connectivity index (χ4n) is 2.55. The summed E-state index contributed by atoms with van der Waals surface area (Å²) in [6, 6.07) is 15.0. The third-order valence-electron chi connectivity index (χ3n) is 3.98. The number of amides is 1. The summed E-state index contributed by atoms with van der Waals surface area (Å²) >= 11 is 1.65. The fourth-order valence-corrected chi connectivity index (χ4v) is 3.27.